The summed E-state index contributed by atoms with van der Waals surface area (Å²) in [5.74, 6) is 0.527. The molecule has 0 unspecified atom stereocenters. The van der Waals surface area contributed by atoms with Crippen LogP contribution in [-0.2, 0) is 20.7 Å². The number of nitrogens with zero attached hydrogens (tertiary/aromatic N) is 1. The molecule has 0 radical (unpaired) electrons. The van der Waals surface area contributed by atoms with E-state index in [9.17, 15) is 9.59 Å². The Morgan fingerprint density at radius 3 is 2.39 bits per heavy atom. The van der Waals surface area contributed by atoms with Gasteiger partial charge in [0.2, 0.25) is 5.91 Å². The van der Waals surface area contributed by atoms with Crippen molar-refractivity contribution in [3.8, 4) is 0 Å². The summed E-state index contributed by atoms with van der Waals surface area (Å²) < 4.78 is 10.3. The van der Waals surface area contributed by atoms with Gasteiger partial charge in [-0.05, 0) is 76.5 Å². The average molecular weight is 393 g/mol. The van der Waals surface area contributed by atoms with E-state index < -0.39 is 5.60 Å². The van der Waals surface area contributed by atoms with Crippen LogP contribution in [0.5, 0.6) is 0 Å². The van der Waals surface area contributed by atoms with Gasteiger partial charge in [-0.15, -0.1) is 0 Å². The summed E-state index contributed by atoms with van der Waals surface area (Å²) in [4.78, 5) is 25.5. The van der Waals surface area contributed by atoms with Crippen molar-refractivity contribution < 1.29 is 20.5 Å². The van der Waals surface area contributed by atoms with E-state index >= 15 is 0 Å². The summed E-state index contributed by atoms with van der Waals surface area (Å²) in [6, 6.07) is 7.99. The number of rotatable bonds is 7. The molecule has 1 saturated heterocycles. The number of hydrogen-bond donors (Lipinski definition) is 1. The summed E-state index contributed by atoms with van der Waals surface area (Å²) in [6.45, 7) is 7.34. The van der Waals surface area contributed by atoms with Gasteiger partial charge >= 0.3 is 6.09 Å². The standard InChI is InChI=1S/C22H34N2O4.H2/c1-22(2,3)28-21(26)24-14-12-18(13-15-24)7-5-6-17-8-10-19(11-9-17)23-20(25)16-27-4;/h8-11,18H,5-7,12-16H2,1-4H3,(H,23,25);1H. The van der Waals surface area contributed by atoms with Gasteiger partial charge in [-0.25, -0.2) is 4.79 Å². The fourth-order valence-electron chi connectivity index (χ4n) is 3.41. The van der Waals surface area contributed by atoms with Crippen LogP contribution in [0, 0.1) is 5.92 Å². The molecule has 6 nitrogen and oxygen atoms in total. The molecule has 0 aromatic heterocycles. The number of hydrogen-bond acceptors (Lipinski definition) is 4. The number of carbonyl (C=O) groups is 2. The van der Waals surface area contributed by atoms with Gasteiger partial charge in [-0.2, -0.15) is 0 Å². The van der Waals surface area contributed by atoms with Crippen LogP contribution in [0.3, 0.4) is 0 Å². The van der Waals surface area contributed by atoms with Gasteiger partial charge in [0, 0.05) is 27.3 Å². The van der Waals surface area contributed by atoms with E-state index in [0.717, 1.165) is 44.5 Å². The van der Waals surface area contributed by atoms with Crippen molar-refractivity contribution in [2.45, 2.75) is 58.5 Å². The second-order valence-electron chi connectivity index (χ2n) is 8.48. The SMILES string of the molecule is COCC(=O)Nc1ccc(CCCC2CCN(C(=O)OC(C)(C)C)CC2)cc1.[HH]. The third-order valence-corrected chi connectivity index (χ3v) is 4.86. The van der Waals surface area contributed by atoms with Crippen LogP contribution in [0.4, 0.5) is 10.5 Å². The zero-order chi connectivity index (χ0) is 20.6. The number of nitrogens with one attached hydrogen (secondary N) is 1. The molecule has 2 rings (SSSR count). The van der Waals surface area contributed by atoms with Crippen LogP contribution in [-0.4, -0.2) is 49.3 Å². The highest BCUT2D eigenvalue weighted by molar-refractivity contribution is 5.91. The molecule has 158 valence electrons. The molecule has 6 heteroatoms. The second kappa shape index (κ2) is 10.5. The molecule has 0 bridgehead atoms. The number of methoxy groups -OCH3 is 1. The predicted molar refractivity (Wildman–Crippen MR) is 113 cm³/mol. The monoisotopic (exact) mass is 392 g/mol. The molecule has 2 amide bonds. The summed E-state index contributed by atoms with van der Waals surface area (Å²) in [5, 5.41) is 2.80. The lowest BCUT2D eigenvalue weighted by Gasteiger charge is -2.33. The zero-order valence-corrected chi connectivity index (χ0v) is 17.6. The molecule has 1 aromatic carbocycles. The van der Waals surface area contributed by atoms with E-state index in [2.05, 4.69) is 17.4 Å². The first-order chi connectivity index (χ1) is 13.3. The lowest BCUT2D eigenvalue weighted by atomic mass is 9.91. The van der Waals surface area contributed by atoms with Crippen LogP contribution in [0.2, 0.25) is 0 Å². The minimum Gasteiger partial charge on any atom is -0.444 e. The Bertz CT molecular complexity index is 635. The average Bonchev–Trinajstić information content (AvgIpc) is 2.62. The maximum absolute atomic E-state index is 12.1. The molecule has 28 heavy (non-hydrogen) atoms. The van der Waals surface area contributed by atoms with Crippen LogP contribution in [0.25, 0.3) is 0 Å². The van der Waals surface area contributed by atoms with Gasteiger partial charge in [0.15, 0.2) is 0 Å². The van der Waals surface area contributed by atoms with Crippen LogP contribution in [0.15, 0.2) is 24.3 Å². The first-order valence-corrected chi connectivity index (χ1v) is 10.1. The molecule has 1 fully saturated rings. The molecule has 1 aromatic rings. The maximum Gasteiger partial charge on any atom is 0.410 e. The Balaban J connectivity index is 0.00000420. The predicted octanol–water partition coefficient (Wildman–Crippen LogP) is 4.49. The lowest BCUT2D eigenvalue weighted by Crippen LogP contribution is -2.41. The van der Waals surface area contributed by atoms with Gasteiger partial charge in [0.1, 0.15) is 12.2 Å². The number of benzene rings is 1. The topological polar surface area (TPSA) is 67.9 Å². The van der Waals surface area contributed by atoms with Gasteiger partial charge in [0.25, 0.3) is 0 Å². The number of ether oxygens (including phenoxy) is 2. The lowest BCUT2D eigenvalue weighted by molar-refractivity contribution is -0.119. The van der Waals surface area contributed by atoms with Crippen molar-refractivity contribution in [3.63, 3.8) is 0 Å². The number of likely N-dealkylation sites (tertiary alicyclic amines) is 1. The maximum atomic E-state index is 12.1. The van der Waals surface area contributed by atoms with E-state index in [1.54, 1.807) is 0 Å². The molecule has 0 aliphatic carbocycles. The fraction of sp³-hybridized carbons (Fsp3) is 0.636. The number of anilines is 1. The van der Waals surface area contributed by atoms with Gasteiger partial charge in [-0.3, -0.25) is 4.79 Å². The van der Waals surface area contributed by atoms with Gasteiger partial charge in [-0.1, -0.05) is 12.1 Å². The molecular weight excluding hydrogens is 356 g/mol. The molecule has 1 aliphatic heterocycles. The summed E-state index contributed by atoms with van der Waals surface area (Å²) >= 11 is 0. The Hall–Kier alpha value is -2.08. The third-order valence-electron chi connectivity index (χ3n) is 4.86. The Kier molecular flexibility index (Phi) is 8.30. The minimum absolute atomic E-state index is 0. The van der Waals surface area contributed by atoms with E-state index in [1.807, 2.05) is 37.8 Å². The second-order valence-corrected chi connectivity index (χ2v) is 8.48. The Labute approximate surface area is 170 Å². The highest BCUT2D eigenvalue weighted by Gasteiger charge is 2.26. The number of carbonyl (C=O) groups excluding carboxylic acids is 2. The summed E-state index contributed by atoms with van der Waals surface area (Å²) in [7, 11) is 1.50. The molecule has 0 spiro atoms. The molecule has 1 N–H and O–H groups in total. The summed E-state index contributed by atoms with van der Waals surface area (Å²) in [6.07, 6.45) is 5.23. The molecule has 0 atom stereocenters. The summed E-state index contributed by atoms with van der Waals surface area (Å²) in [5.41, 5.74) is 1.63. The van der Waals surface area contributed by atoms with Crippen molar-refractivity contribution in [3.05, 3.63) is 29.8 Å². The van der Waals surface area contributed by atoms with Crippen molar-refractivity contribution in [1.29, 1.82) is 0 Å². The zero-order valence-electron chi connectivity index (χ0n) is 17.6. The minimum atomic E-state index is -0.434. The Morgan fingerprint density at radius 1 is 1.18 bits per heavy atom. The number of aryl methyl sites for hydroxylation is 1. The normalized spacial score (nSPS) is 15.4. The van der Waals surface area contributed by atoms with E-state index in [0.29, 0.717) is 5.92 Å². The first kappa shape index (κ1) is 22.2. The molecule has 1 aliphatic rings. The Morgan fingerprint density at radius 2 is 1.82 bits per heavy atom. The van der Waals surface area contributed by atoms with Crippen LogP contribution >= 0.6 is 0 Å². The van der Waals surface area contributed by atoms with Crippen LogP contribution in [0.1, 0.15) is 53.4 Å². The van der Waals surface area contributed by atoms with Crippen molar-refractivity contribution in [1.82, 2.24) is 4.90 Å². The van der Waals surface area contributed by atoms with Gasteiger partial charge in [0.05, 0.1) is 0 Å². The van der Waals surface area contributed by atoms with Crippen molar-refractivity contribution in [2.75, 3.05) is 32.1 Å². The van der Waals surface area contributed by atoms with Crippen molar-refractivity contribution >= 4 is 17.7 Å². The molecule has 1 heterocycles. The molecular formula is C22H36N2O4. The third kappa shape index (κ3) is 7.89. The fourth-order valence-corrected chi connectivity index (χ4v) is 3.41. The van der Waals surface area contributed by atoms with E-state index in [-0.39, 0.29) is 20.0 Å². The first-order valence-electron chi connectivity index (χ1n) is 10.1. The quantitative estimate of drug-likeness (QED) is 0.742. The smallest absolute Gasteiger partial charge is 0.410 e. The highest BCUT2D eigenvalue weighted by atomic mass is 16.6. The van der Waals surface area contributed by atoms with E-state index in [1.165, 1.54) is 19.1 Å². The van der Waals surface area contributed by atoms with Crippen molar-refractivity contribution in [2.24, 2.45) is 5.92 Å². The van der Waals surface area contributed by atoms with Gasteiger partial charge < -0.3 is 19.7 Å². The van der Waals surface area contributed by atoms with E-state index in [4.69, 9.17) is 9.47 Å². The largest absolute Gasteiger partial charge is 0.444 e. The van der Waals surface area contributed by atoms with Crippen LogP contribution < -0.4 is 5.32 Å². The number of piperidine rings is 1. The number of amides is 2. The molecule has 0 saturated carbocycles. The highest BCUT2D eigenvalue weighted by Crippen LogP contribution is 2.24.